The van der Waals surface area contributed by atoms with Crippen LogP contribution in [0.1, 0.15) is 37.6 Å². The number of esters is 2. The van der Waals surface area contributed by atoms with Crippen LogP contribution in [0.5, 0.6) is 0 Å². The van der Waals surface area contributed by atoms with E-state index in [2.05, 4.69) is 4.74 Å². The van der Waals surface area contributed by atoms with Gasteiger partial charge in [-0.25, -0.2) is 14.4 Å². The molecule has 1 amide bonds. The van der Waals surface area contributed by atoms with Gasteiger partial charge in [-0.15, -0.1) is 0 Å². The Labute approximate surface area is 138 Å². The van der Waals surface area contributed by atoms with Crippen molar-refractivity contribution in [1.29, 1.82) is 0 Å². The third-order valence-electron chi connectivity index (χ3n) is 2.58. The predicted molar refractivity (Wildman–Crippen MR) is 82.3 cm³/mol. The fourth-order valence-corrected chi connectivity index (χ4v) is 1.59. The van der Waals surface area contributed by atoms with Gasteiger partial charge in [0.2, 0.25) is 0 Å². The van der Waals surface area contributed by atoms with E-state index in [1.54, 1.807) is 39.0 Å². The summed E-state index contributed by atoms with van der Waals surface area (Å²) in [5.41, 5.74) is -0.672. The van der Waals surface area contributed by atoms with E-state index in [0.29, 0.717) is 0 Å². The molecule has 24 heavy (non-hydrogen) atoms. The number of alkyl carbamates (subject to hydrolysis) is 1. The first-order valence-electron chi connectivity index (χ1n) is 7.11. The fraction of sp³-hybridized carbons (Fsp3) is 0.375. The maximum atomic E-state index is 11.7. The lowest BCUT2D eigenvalue weighted by Crippen LogP contribution is -2.44. The summed E-state index contributed by atoms with van der Waals surface area (Å²) < 4.78 is 9.48. The monoisotopic (exact) mass is 337 g/mol. The summed E-state index contributed by atoms with van der Waals surface area (Å²) >= 11 is 0. The smallest absolute Gasteiger partial charge is 0.408 e. The Kier molecular flexibility index (Phi) is 6.46. The van der Waals surface area contributed by atoms with Crippen LogP contribution in [0.4, 0.5) is 4.79 Å². The number of carboxylic acid groups (broad SMARTS) is 1. The van der Waals surface area contributed by atoms with Gasteiger partial charge in [-0.3, -0.25) is 4.79 Å². The predicted octanol–water partition coefficient (Wildman–Crippen LogP) is 1.74. The summed E-state index contributed by atoms with van der Waals surface area (Å²) in [5.74, 6) is -3.43. The van der Waals surface area contributed by atoms with Gasteiger partial charge in [0, 0.05) is 0 Å². The molecule has 0 aromatic heterocycles. The fourth-order valence-electron chi connectivity index (χ4n) is 1.59. The molecule has 8 heteroatoms. The maximum absolute atomic E-state index is 11.7. The molecule has 2 N–H and O–H groups in total. The minimum absolute atomic E-state index is 0.151. The Morgan fingerprint density at radius 2 is 1.71 bits per heavy atom. The van der Waals surface area contributed by atoms with E-state index in [4.69, 9.17) is 9.84 Å². The van der Waals surface area contributed by atoms with E-state index in [-0.39, 0.29) is 5.56 Å². The van der Waals surface area contributed by atoms with E-state index in [1.165, 1.54) is 12.1 Å². The molecule has 0 spiro atoms. The van der Waals surface area contributed by atoms with Crippen LogP contribution in [0, 0.1) is 0 Å². The summed E-state index contributed by atoms with van der Waals surface area (Å²) in [6.45, 7) is 4.82. The van der Waals surface area contributed by atoms with Gasteiger partial charge < -0.3 is 19.9 Å². The summed E-state index contributed by atoms with van der Waals surface area (Å²) in [4.78, 5) is 46.1. The molecule has 0 aliphatic heterocycles. The second-order valence-electron chi connectivity index (χ2n) is 5.87. The summed E-state index contributed by atoms with van der Waals surface area (Å²) in [5, 5.41) is 11.1. The van der Waals surface area contributed by atoms with Gasteiger partial charge in [-0.05, 0) is 32.9 Å². The van der Waals surface area contributed by atoms with Gasteiger partial charge in [0.05, 0.1) is 12.0 Å². The molecule has 1 atom stereocenters. The Morgan fingerprint density at radius 1 is 1.12 bits per heavy atom. The molecule has 0 fully saturated rings. The molecule has 1 rings (SSSR count). The summed E-state index contributed by atoms with van der Waals surface area (Å²) in [6.07, 6.45) is -1.70. The first kappa shape index (κ1) is 19.1. The topological polar surface area (TPSA) is 119 Å². The molecule has 0 radical (unpaired) electrons. The van der Waals surface area contributed by atoms with E-state index in [9.17, 15) is 19.2 Å². The van der Waals surface area contributed by atoms with Crippen molar-refractivity contribution in [3.63, 3.8) is 0 Å². The zero-order chi connectivity index (χ0) is 18.3. The number of hydrogen-bond acceptors (Lipinski definition) is 6. The number of carboxylic acids is 1. The first-order valence-corrected chi connectivity index (χ1v) is 7.11. The Hall–Kier alpha value is -2.90. The molecule has 130 valence electrons. The number of rotatable bonds is 5. The molecule has 0 bridgehead atoms. The number of hydrogen-bond donors (Lipinski definition) is 2. The van der Waals surface area contributed by atoms with E-state index in [0.717, 1.165) is 0 Å². The minimum atomic E-state index is -1.57. The van der Waals surface area contributed by atoms with Crippen molar-refractivity contribution in [2.24, 2.45) is 0 Å². The molecule has 0 unspecified atom stereocenters. The largest absolute Gasteiger partial charge is 0.480 e. The highest BCUT2D eigenvalue weighted by atomic mass is 16.6. The molecule has 0 saturated carbocycles. The van der Waals surface area contributed by atoms with Crippen LogP contribution in [0.25, 0.3) is 0 Å². The number of amides is 1. The molecule has 8 nitrogen and oxygen atoms in total. The third kappa shape index (κ3) is 6.91. The molecule has 0 saturated heterocycles. The zero-order valence-electron chi connectivity index (χ0n) is 13.6. The second kappa shape index (κ2) is 8.09. The standard InChI is InChI=1S/C16H19NO7/c1-16(2,3)24-15(22)17-11(13(19)20)9-12(18)23-14(21)10-7-5-4-6-8-10/h4-8,11H,9H2,1-3H3,(H,17,22)(H,19,20)/t11-/m0/s1. The highest BCUT2D eigenvalue weighted by molar-refractivity contribution is 5.97. The quantitative estimate of drug-likeness (QED) is 0.620. The molecule has 0 heterocycles. The van der Waals surface area contributed by atoms with Crippen LogP contribution < -0.4 is 5.32 Å². The SMILES string of the molecule is CC(C)(C)OC(=O)N[C@@H](CC(=O)OC(=O)c1ccccc1)C(=O)O. The number of ether oxygens (including phenoxy) is 2. The number of nitrogens with one attached hydrogen (secondary N) is 1. The number of benzene rings is 1. The Balaban J connectivity index is 2.62. The molecule has 1 aromatic rings. The van der Waals surface area contributed by atoms with Crippen LogP contribution in [0.3, 0.4) is 0 Å². The Morgan fingerprint density at radius 3 is 2.21 bits per heavy atom. The molecular formula is C16H19NO7. The highest BCUT2D eigenvalue weighted by Gasteiger charge is 2.27. The van der Waals surface area contributed by atoms with Gasteiger partial charge in [0.15, 0.2) is 0 Å². The van der Waals surface area contributed by atoms with Crippen LogP contribution in [-0.2, 0) is 19.1 Å². The second-order valence-corrected chi connectivity index (χ2v) is 5.87. The van der Waals surface area contributed by atoms with Gasteiger partial charge in [-0.2, -0.15) is 0 Å². The summed E-state index contributed by atoms with van der Waals surface area (Å²) in [6, 6.07) is 6.18. The van der Waals surface area contributed by atoms with Crippen LogP contribution >= 0.6 is 0 Å². The van der Waals surface area contributed by atoms with Crippen molar-refractivity contribution < 1.29 is 33.8 Å². The van der Waals surface area contributed by atoms with E-state index < -0.39 is 42.1 Å². The van der Waals surface area contributed by atoms with Crippen LogP contribution in [-0.4, -0.2) is 40.8 Å². The van der Waals surface area contributed by atoms with Crippen LogP contribution in [0.15, 0.2) is 30.3 Å². The summed E-state index contributed by atoms with van der Waals surface area (Å²) in [7, 11) is 0. The highest BCUT2D eigenvalue weighted by Crippen LogP contribution is 2.08. The normalized spacial score (nSPS) is 12.0. The molecule has 1 aromatic carbocycles. The van der Waals surface area contributed by atoms with E-state index >= 15 is 0 Å². The molecule has 0 aliphatic carbocycles. The van der Waals surface area contributed by atoms with Gasteiger partial charge >= 0.3 is 24.0 Å². The maximum Gasteiger partial charge on any atom is 0.408 e. The average molecular weight is 337 g/mol. The van der Waals surface area contributed by atoms with Crippen molar-refractivity contribution in [2.75, 3.05) is 0 Å². The average Bonchev–Trinajstić information content (AvgIpc) is 2.45. The zero-order valence-corrected chi connectivity index (χ0v) is 13.6. The number of aliphatic carboxylic acids is 1. The lowest BCUT2D eigenvalue weighted by atomic mass is 10.2. The van der Waals surface area contributed by atoms with Gasteiger partial charge in [-0.1, -0.05) is 18.2 Å². The lowest BCUT2D eigenvalue weighted by molar-refractivity contribution is -0.146. The van der Waals surface area contributed by atoms with Crippen molar-refractivity contribution in [1.82, 2.24) is 5.32 Å². The van der Waals surface area contributed by atoms with E-state index in [1.807, 2.05) is 5.32 Å². The minimum Gasteiger partial charge on any atom is -0.480 e. The third-order valence-corrected chi connectivity index (χ3v) is 2.58. The van der Waals surface area contributed by atoms with Crippen molar-refractivity contribution in [2.45, 2.75) is 38.8 Å². The Bertz CT molecular complexity index is 619. The van der Waals surface area contributed by atoms with Crippen LogP contribution in [0.2, 0.25) is 0 Å². The van der Waals surface area contributed by atoms with Crippen molar-refractivity contribution >= 4 is 24.0 Å². The van der Waals surface area contributed by atoms with Gasteiger partial charge in [0.25, 0.3) is 0 Å². The number of carbonyl (C=O) groups is 4. The number of carbonyl (C=O) groups excluding carboxylic acids is 3. The molecular weight excluding hydrogens is 318 g/mol. The molecule has 0 aliphatic rings. The first-order chi connectivity index (χ1) is 11.1. The lowest BCUT2D eigenvalue weighted by Gasteiger charge is -2.21. The van der Waals surface area contributed by atoms with Crippen molar-refractivity contribution in [3.8, 4) is 0 Å². The van der Waals surface area contributed by atoms with Gasteiger partial charge in [0.1, 0.15) is 11.6 Å². The van der Waals surface area contributed by atoms with Crippen molar-refractivity contribution in [3.05, 3.63) is 35.9 Å².